The first kappa shape index (κ1) is 13.7. The molecule has 0 aliphatic heterocycles. The van der Waals surface area contributed by atoms with Gasteiger partial charge in [-0.05, 0) is 24.6 Å². The predicted octanol–water partition coefficient (Wildman–Crippen LogP) is 2.81. The molecule has 19 heavy (non-hydrogen) atoms. The summed E-state index contributed by atoms with van der Waals surface area (Å²) in [6.45, 7) is 2.91. The highest BCUT2D eigenvalue weighted by molar-refractivity contribution is 5.23. The fourth-order valence-electron chi connectivity index (χ4n) is 2.08. The Morgan fingerprint density at radius 1 is 1.37 bits per heavy atom. The molecule has 1 aromatic carbocycles. The van der Waals surface area contributed by atoms with Crippen molar-refractivity contribution >= 4 is 0 Å². The third-order valence-electron chi connectivity index (χ3n) is 3.03. The molecule has 1 atom stereocenters. The maximum absolute atomic E-state index is 13.6. The minimum absolute atomic E-state index is 0.186. The number of imidazole rings is 1. The van der Waals surface area contributed by atoms with Crippen molar-refractivity contribution in [2.45, 2.75) is 32.4 Å². The van der Waals surface area contributed by atoms with E-state index in [2.05, 4.69) is 11.9 Å². The molecule has 2 N–H and O–H groups in total. The Kier molecular flexibility index (Phi) is 4.27. The van der Waals surface area contributed by atoms with E-state index in [4.69, 9.17) is 5.73 Å². The Morgan fingerprint density at radius 2 is 2.16 bits per heavy atom. The van der Waals surface area contributed by atoms with Crippen LogP contribution in [0.1, 0.15) is 30.8 Å². The van der Waals surface area contributed by atoms with Crippen LogP contribution < -0.4 is 5.73 Å². The van der Waals surface area contributed by atoms with Crippen LogP contribution in [-0.2, 0) is 13.0 Å². The van der Waals surface area contributed by atoms with Gasteiger partial charge in [0.25, 0.3) is 0 Å². The highest BCUT2D eigenvalue weighted by Crippen LogP contribution is 2.19. The summed E-state index contributed by atoms with van der Waals surface area (Å²) in [6.07, 6.45) is 4.92. The van der Waals surface area contributed by atoms with Crippen molar-refractivity contribution < 1.29 is 8.78 Å². The van der Waals surface area contributed by atoms with Gasteiger partial charge in [-0.3, -0.25) is 0 Å². The van der Waals surface area contributed by atoms with Crippen molar-refractivity contribution in [2.75, 3.05) is 0 Å². The summed E-state index contributed by atoms with van der Waals surface area (Å²) in [5, 5.41) is 0. The lowest BCUT2D eigenvalue weighted by molar-refractivity contribution is 0.545. The van der Waals surface area contributed by atoms with Gasteiger partial charge in [0.05, 0.1) is 0 Å². The molecule has 5 heteroatoms. The van der Waals surface area contributed by atoms with Gasteiger partial charge in [0, 0.05) is 37.0 Å². The number of hydrogen-bond donors (Lipinski definition) is 1. The largest absolute Gasteiger partial charge is 0.335 e. The van der Waals surface area contributed by atoms with Gasteiger partial charge in [0.15, 0.2) is 0 Å². The number of aryl methyl sites for hydroxylation is 1. The molecule has 0 saturated carbocycles. The molecule has 3 nitrogen and oxygen atoms in total. The Morgan fingerprint density at radius 3 is 2.89 bits per heavy atom. The smallest absolute Gasteiger partial charge is 0.128 e. The molecule has 2 aromatic rings. The number of benzene rings is 1. The summed E-state index contributed by atoms with van der Waals surface area (Å²) in [5.41, 5.74) is 6.15. The van der Waals surface area contributed by atoms with Crippen molar-refractivity contribution in [3.63, 3.8) is 0 Å². The number of halogens is 2. The average molecular weight is 265 g/mol. The Balaban J connectivity index is 2.18. The summed E-state index contributed by atoms with van der Waals surface area (Å²) in [6, 6.07) is 2.73. The van der Waals surface area contributed by atoms with Crippen molar-refractivity contribution in [3.05, 3.63) is 53.6 Å². The highest BCUT2D eigenvalue weighted by atomic mass is 19.1. The van der Waals surface area contributed by atoms with Crippen molar-refractivity contribution in [2.24, 2.45) is 5.73 Å². The molecule has 0 amide bonds. The van der Waals surface area contributed by atoms with Crippen LogP contribution in [0, 0.1) is 11.6 Å². The number of aromatic nitrogens is 2. The third-order valence-corrected chi connectivity index (χ3v) is 3.03. The zero-order valence-electron chi connectivity index (χ0n) is 10.8. The highest BCUT2D eigenvalue weighted by Gasteiger charge is 2.15. The molecule has 1 aromatic heterocycles. The van der Waals surface area contributed by atoms with E-state index in [1.165, 1.54) is 0 Å². The van der Waals surface area contributed by atoms with Crippen LogP contribution in [0.25, 0.3) is 0 Å². The number of nitrogens with two attached hydrogens (primary N) is 1. The molecule has 0 fully saturated rings. The molecule has 1 unspecified atom stereocenters. The SMILES string of the molecule is CCCn1ccnc1CC(N)c1cc(F)ccc1F. The third kappa shape index (κ3) is 3.17. The lowest BCUT2D eigenvalue weighted by atomic mass is 10.0. The van der Waals surface area contributed by atoms with E-state index in [9.17, 15) is 8.78 Å². The molecule has 0 bridgehead atoms. The minimum Gasteiger partial charge on any atom is -0.335 e. The summed E-state index contributed by atoms with van der Waals surface area (Å²) in [7, 11) is 0. The second kappa shape index (κ2) is 5.93. The van der Waals surface area contributed by atoms with Crippen LogP contribution in [0.3, 0.4) is 0 Å². The lowest BCUT2D eigenvalue weighted by Crippen LogP contribution is -2.18. The quantitative estimate of drug-likeness (QED) is 0.903. The van der Waals surface area contributed by atoms with Gasteiger partial charge in [0.2, 0.25) is 0 Å². The molecular formula is C14H17F2N3. The molecule has 0 aliphatic carbocycles. The van der Waals surface area contributed by atoms with E-state index < -0.39 is 17.7 Å². The van der Waals surface area contributed by atoms with Crippen LogP contribution >= 0.6 is 0 Å². The summed E-state index contributed by atoms with van der Waals surface area (Å²) in [5.74, 6) is -0.177. The molecule has 1 heterocycles. The maximum atomic E-state index is 13.6. The maximum Gasteiger partial charge on any atom is 0.128 e. The molecule has 0 aliphatic rings. The van der Waals surface area contributed by atoms with Crippen LogP contribution in [0.5, 0.6) is 0 Å². The first-order chi connectivity index (χ1) is 9.11. The fraction of sp³-hybridized carbons (Fsp3) is 0.357. The lowest BCUT2D eigenvalue weighted by Gasteiger charge is -2.14. The van der Waals surface area contributed by atoms with Gasteiger partial charge in [-0.15, -0.1) is 0 Å². The molecule has 0 saturated heterocycles. The number of nitrogens with zero attached hydrogens (tertiary/aromatic N) is 2. The van der Waals surface area contributed by atoms with Crippen LogP contribution in [0.15, 0.2) is 30.6 Å². The van der Waals surface area contributed by atoms with Crippen molar-refractivity contribution in [1.29, 1.82) is 0 Å². The fourth-order valence-corrected chi connectivity index (χ4v) is 2.08. The predicted molar refractivity (Wildman–Crippen MR) is 69.5 cm³/mol. The first-order valence-electron chi connectivity index (χ1n) is 6.32. The molecule has 102 valence electrons. The van der Waals surface area contributed by atoms with Gasteiger partial charge in [0.1, 0.15) is 17.5 Å². The van der Waals surface area contributed by atoms with E-state index in [1.54, 1.807) is 6.20 Å². The van der Waals surface area contributed by atoms with Gasteiger partial charge in [-0.1, -0.05) is 6.92 Å². The molecule has 0 radical (unpaired) electrons. The average Bonchev–Trinajstić information content (AvgIpc) is 2.80. The summed E-state index contributed by atoms with van der Waals surface area (Å²) < 4.78 is 28.7. The topological polar surface area (TPSA) is 43.8 Å². The molecule has 0 spiro atoms. The van der Waals surface area contributed by atoms with Crippen molar-refractivity contribution in [1.82, 2.24) is 9.55 Å². The van der Waals surface area contributed by atoms with E-state index in [-0.39, 0.29) is 5.56 Å². The van der Waals surface area contributed by atoms with Crippen LogP contribution in [0.2, 0.25) is 0 Å². The van der Waals surface area contributed by atoms with Gasteiger partial charge in [-0.2, -0.15) is 0 Å². The van der Waals surface area contributed by atoms with Crippen LogP contribution in [-0.4, -0.2) is 9.55 Å². The minimum atomic E-state index is -0.603. The Labute approximate surface area is 111 Å². The zero-order chi connectivity index (χ0) is 13.8. The Hall–Kier alpha value is -1.75. The van der Waals surface area contributed by atoms with E-state index in [1.807, 2.05) is 10.8 Å². The van der Waals surface area contributed by atoms with E-state index in [0.717, 1.165) is 37.0 Å². The molecular weight excluding hydrogens is 248 g/mol. The van der Waals surface area contributed by atoms with E-state index in [0.29, 0.717) is 6.42 Å². The summed E-state index contributed by atoms with van der Waals surface area (Å²) >= 11 is 0. The standard InChI is InChI=1S/C14H17F2N3/c1-2-6-19-7-5-18-14(19)9-13(17)11-8-10(15)3-4-12(11)16/h3-5,7-8,13H,2,6,9,17H2,1H3. The van der Waals surface area contributed by atoms with Crippen molar-refractivity contribution in [3.8, 4) is 0 Å². The number of rotatable bonds is 5. The second-order valence-corrected chi connectivity index (χ2v) is 4.51. The van der Waals surface area contributed by atoms with Gasteiger partial charge < -0.3 is 10.3 Å². The number of hydrogen-bond acceptors (Lipinski definition) is 2. The summed E-state index contributed by atoms with van der Waals surface area (Å²) in [4.78, 5) is 4.22. The van der Waals surface area contributed by atoms with E-state index >= 15 is 0 Å². The zero-order valence-corrected chi connectivity index (χ0v) is 10.8. The Bertz CT molecular complexity index is 551. The van der Waals surface area contributed by atoms with Gasteiger partial charge >= 0.3 is 0 Å². The first-order valence-corrected chi connectivity index (χ1v) is 6.32. The second-order valence-electron chi connectivity index (χ2n) is 4.51. The monoisotopic (exact) mass is 265 g/mol. The van der Waals surface area contributed by atoms with Crippen LogP contribution in [0.4, 0.5) is 8.78 Å². The van der Waals surface area contributed by atoms with Gasteiger partial charge in [-0.25, -0.2) is 13.8 Å². The normalized spacial score (nSPS) is 12.6. The molecule has 2 rings (SSSR count).